The van der Waals surface area contributed by atoms with Crippen molar-refractivity contribution >= 4 is 11.0 Å². The van der Waals surface area contributed by atoms with Crippen LogP contribution < -0.4 is 11.0 Å². The first kappa shape index (κ1) is 15.9. The van der Waals surface area contributed by atoms with Gasteiger partial charge in [-0.1, -0.05) is 0 Å². The molecule has 3 heterocycles. The lowest BCUT2D eigenvalue weighted by atomic mass is 10.1. The molecule has 0 saturated carbocycles. The predicted molar refractivity (Wildman–Crippen MR) is 95.0 cm³/mol. The Labute approximate surface area is 146 Å². The molecule has 0 aliphatic rings. The van der Waals surface area contributed by atoms with Gasteiger partial charge < -0.3 is 4.98 Å². The molecule has 2 N–H and O–H groups in total. The summed E-state index contributed by atoms with van der Waals surface area (Å²) in [6.07, 6.45) is 0. The molecule has 0 amide bonds. The molecule has 0 bridgehead atoms. The van der Waals surface area contributed by atoms with E-state index in [1.807, 2.05) is 0 Å². The fourth-order valence-corrected chi connectivity index (χ4v) is 2.86. The number of fused-ring (bicyclic) bond motifs is 1. The van der Waals surface area contributed by atoms with Gasteiger partial charge in [0.15, 0.2) is 5.43 Å². The van der Waals surface area contributed by atoms with E-state index in [-0.39, 0.29) is 22.8 Å². The van der Waals surface area contributed by atoms with E-state index < -0.39 is 11.0 Å². The standard InChI is InChI=1S/C18H14FN5O2/c1-9-7-10(2)21-18(20-9)24-17(26)15-14(25)8-13(22-16(15)23-24)11-3-5-12(19)6-4-11/h3-8H,1-2H3,(H2,22,23,25). The van der Waals surface area contributed by atoms with E-state index in [9.17, 15) is 14.0 Å². The highest BCUT2D eigenvalue weighted by Crippen LogP contribution is 2.17. The average molecular weight is 351 g/mol. The van der Waals surface area contributed by atoms with E-state index in [1.165, 1.54) is 18.2 Å². The summed E-state index contributed by atoms with van der Waals surface area (Å²) in [5.74, 6) is -0.205. The Kier molecular flexibility index (Phi) is 3.54. The van der Waals surface area contributed by atoms with Gasteiger partial charge in [0.2, 0.25) is 0 Å². The van der Waals surface area contributed by atoms with Crippen LogP contribution in [-0.2, 0) is 0 Å². The smallest absolute Gasteiger partial charge is 0.287 e. The number of hydrogen-bond donors (Lipinski definition) is 2. The topological polar surface area (TPSA) is 96.4 Å². The molecular formula is C18H14FN5O2. The number of halogens is 1. The van der Waals surface area contributed by atoms with Gasteiger partial charge in [-0.3, -0.25) is 14.7 Å². The first-order valence-corrected chi connectivity index (χ1v) is 7.89. The molecule has 4 rings (SSSR count). The highest BCUT2D eigenvalue weighted by Gasteiger charge is 2.15. The van der Waals surface area contributed by atoms with Crippen molar-refractivity contribution in [2.24, 2.45) is 0 Å². The molecule has 0 atom stereocenters. The molecule has 1 aromatic carbocycles. The largest absolute Gasteiger partial charge is 0.339 e. The van der Waals surface area contributed by atoms with Gasteiger partial charge in [0.05, 0.1) is 5.69 Å². The second kappa shape index (κ2) is 5.76. The molecular weight excluding hydrogens is 337 g/mol. The van der Waals surface area contributed by atoms with Crippen molar-refractivity contribution in [2.75, 3.05) is 0 Å². The molecule has 0 aliphatic heterocycles. The SMILES string of the molecule is Cc1cc(C)nc(-n2[nH]c3[nH]c(-c4ccc(F)cc4)cc(=O)c3c2=O)n1. The number of rotatable bonds is 2. The summed E-state index contributed by atoms with van der Waals surface area (Å²) < 4.78 is 14.2. The number of aromatic nitrogens is 5. The molecule has 0 radical (unpaired) electrons. The van der Waals surface area contributed by atoms with Gasteiger partial charge >= 0.3 is 0 Å². The van der Waals surface area contributed by atoms with E-state index >= 15 is 0 Å². The van der Waals surface area contributed by atoms with Gasteiger partial charge in [0.25, 0.3) is 11.5 Å². The van der Waals surface area contributed by atoms with Gasteiger partial charge in [0.1, 0.15) is 16.9 Å². The quantitative estimate of drug-likeness (QED) is 0.579. The Morgan fingerprint density at radius 1 is 1.00 bits per heavy atom. The van der Waals surface area contributed by atoms with Crippen LogP contribution in [0.4, 0.5) is 4.39 Å². The van der Waals surface area contributed by atoms with Gasteiger partial charge in [-0.2, -0.15) is 4.68 Å². The lowest BCUT2D eigenvalue weighted by Crippen LogP contribution is -2.20. The molecule has 0 aliphatic carbocycles. The third-order valence-corrected chi connectivity index (χ3v) is 4.00. The van der Waals surface area contributed by atoms with Crippen LogP contribution in [0.5, 0.6) is 0 Å². The van der Waals surface area contributed by atoms with Crippen molar-refractivity contribution in [1.82, 2.24) is 24.7 Å². The van der Waals surface area contributed by atoms with Crippen molar-refractivity contribution in [1.29, 1.82) is 0 Å². The van der Waals surface area contributed by atoms with E-state index in [4.69, 9.17) is 0 Å². The number of nitrogens with one attached hydrogen (secondary N) is 2. The van der Waals surface area contributed by atoms with Crippen LogP contribution in [-0.4, -0.2) is 24.7 Å². The van der Waals surface area contributed by atoms with Gasteiger partial charge in [-0.05, 0) is 49.7 Å². The lowest BCUT2D eigenvalue weighted by molar-refractivity contribution is 0.628. The summed E-state index contributed by atoms with van der Waals surface area (Å²) in [6, 6.07) is 8.81. The maximum absolute atomic E-state index is 13.1. The van der Waals surface area contributed by atoms with Crippen molar-refractivity contribution in [3.63, 3.8) is 0 Å². The number of nitrogens with zero attached hydrogens (tertiary/aromatic N) is 3. The summed E-state index contributed by atoms with van der Waals surface area (Å²) in [7, 11) is 0. The molecule has 7 nitrogen and oxygen atoms in total. The molecule has 0 unspecified atom stereocenters. The number of aryl methyl sites for hydroxylation is 2. The Balaban J connectivity index is 1.95. The predicted octanol–water partition coefficient (Wildman–Crippen LogP) is 2.22. The Bertz CT molecular complexity index is 1230. The number of H-pyrrole nitrogens is 2. The van der Waals surface area contributed by atoms with Gasteiger partial charge in [-0.15, -0.1) is 0 Å². The second-order valence-electron chi connectivity index (χ2n) is 6.01. The maximum Gasteiger partial charge on any atom is 0.287 e. The van der Waals surface area contributed by atoms with Crippen molar-refractivity contribution in [2.45, 2.75) is 13.8 Å². The normalized spacial score (nSPS) is 11.2. The molecule has 4 aromatic rings. The van der Waals surface area contributed by atoms with E-state index in [0.717, 1.165) is 4.68 Å². The fourth-order valence-electron chi connectivity index (χ4n) is 2.86. The molecule has 26 heavy (non-hydrogen) atoms. The second-order valence-corrected chi connectivity index (χ2v) is 6.01. The van der Waals surface area contributed by atoms with Crippen molar-refractivity contribution < 1.29 is 4.39 Å². The molecule has 130 valence electrons. The minimum atomic E-state index is -0.531. The number of aromatic amines is 2. The van der Waals surface area contributed by atoms with E-state index in [0.29, 0.717) is 22.6 Å². The number of hydrogen-bond acceptors (Lipinski definition) is 4. The minimum Gasteiger partial charge on any atom is -0.339 e. The third kappa shape index (κ3) is 2.61. The summed E-state index contributed by atoms with van der Waals surface area (Å²) >= 11 is 0. The van der Waals surface area contributed by atoms with Crippen LogP contribution in [0, 0.1) is 19.7 Å². The highest BCUT2D eigenvalue weighted by molar-refractivity contribution is 5.77. The van der Waals surface area contributed by atoms with Crippen LogP contribution in [0.3, 0.4) is 0 Å². The zero-order valence-electron chi connectivity index (χ0n) is 14.0. The first-order chi connectivity index (χ1) is 12.4. The van der Waals surface area contributed by atoms with Crippen LogP contribution in [0.1, 0.15) is 11.4 Å². The first-order valence-electron chi connectivity index (χ1n) is 7.89. The monoisotopic (exact) mass is 351 g/mol. The number of benzene rings is 1. The Morgan fingerprint density at radius 3 is 2.31 bits per heavy atom. The van der Waals surface area contributed by atoms with Crippen molar-refractivity contribution in [3.8, 4) is 17.2 Å². The average Bonchev–Trinajstić information content (AvgIpc) is 2.92. The lowest BCUT2D eigenvalue weighted by Gasteiger charge is -2.02. The third-order valence-electron chi connectivity index (χ3n) is 4.00. The van der Waals surface area contributed by atoms with Crippen LogP contribution >= 0.6 is 0 Å². The van der Waals surface area contributed by atoms with Crippen LogP contribution in [0.2, 0.25) is 0 Å². The molecule has 0 fully saturated rings. The van der Waals surface area contributed by atoms with Gasteiger partial charge in [-0.25, -0.2) is 14.4 Å². The molecule has 0 saturated heterocycles. The molecule has 0 spiro atoms. The zero-order valence-corrected chi connectivity index (χ0v) is 14.0. The maximum atomic E-state index is 13.1. The van der Waals surface area contributed by atoms with Gasteiger partial charge in [0, 0.05) is 17.5 Å². The zero-order chi connectivity index (χ0) is 18.4. The summed E-state index contributed by atoms with van der Waals surface area (Å²) in [5.41, 5.74) is 1.79. The Morgan fingerprint density at radius 2 is 1.65 bits per heavy atom. The summed E-state index contributed by atoms with van der Waals surface area (Å²) in [5, 5.41) is 2.83. The van der Waals surface area contributed by atoms with E-state index in [2.05, 4.69) is 20.1 Å². The highest BCUT2D eigenvalue weighted by atomic mass is 19.1. The molecule has 8 heteroatoms. The summed E-state index contributed by atoms with van der Waals surface area (Å²) in [6.45, 7) is 3.59. The van der Waals surface area contributed by atoms with Crippen molar-refractivity contribution in [3.05, 3.63) is 74.2 Å². The summed E-state index contributed by atoms with van der Waals surface area (Å²) in [4.78, 5) is 36.6. The Hall–Kier alpha value is -3.55. The van der Waals surface area contributed by atoms with Crippen LogP contribution in [0.25, 0.3) is 28.2 Å². The fraction of sp³-hybridized carbons (Fsp3) is 0.111. The minimum absolute atomic E-state index is 0.0152. The van der Waals surface area contributed by atoms with E-state index in [1.54, 1.807) is 32.0 Å². The van der Waals surface area contributed by atoms with Crippen LogP contribution in [0.15, 0.2) is 46.0 Å². The number of pyridine rings is 1. The molecule has 3 aromatic heterocycles.